The van der Waals surface area contributed by atoms with Crippen LogP contribution in [0.5, 0.6) is 0 Å². The van der Waals surface area contributed by atoms with E-state index < -0.39 is 0 Å². The highest BCUT2D eigenvalue weighted by Gasteiger charge is 2.13. The number of thiol groups is 1. The van der Waals surface area contributed by atoms with E-state index in [1.165, 1.54) is 0 Å². The van der Waals surface area contributed by atoms with E-state index in [4.69, 9.17) is 5.73 Å². The van der Waals surface area contributed by atoms with Crippen LogP contribution in [-0.4, -0.2) is 39.6 Å². The number of rotatable bonds is 3. The van der Waals surface area contributed by atoms with Crippen LogP contribution in [0.2, 0.25) is 0 Å². The van der Waals surface area contributed by atoms with Crippen LogP contribution in [0.1, 0.15) is 0 Å². The summed E-state index contributed by atoms with van der Waals surface area (Å²) in [4.78, 5) is 0. The van der Waals surface area contributed by atoms with Gasteiger partial charge in [-0.25, -0.2) is 0 Å². The fraction of sp³-hybridized carbons (Fsp3) is 0.143. The first-order valence-corrected chi connectivity index (χ1v) is 5.96. The number of nitrogens with zero attached hydrogens (tertiary/aromatic N) is 1. The van der Waals surface area contributed by atoms with Gasteiger partial charge in [0.1, 0.15) is 0 Å². The molecule has 0 unspecified atom stereocenters. The minimum absolute atomic E-state index is 0.552. The Balaban J connectivity index is 3.64. The van der Waals surface area contributed by atoms with Crippen molar-refractivity contribution in [2.45, 2.75) is 0 Å². The first-order chi connectivity index (χ1) is 7.08. The zero-order chi connectivity index (χ0) is 11.6. The van der Waals surface area contributed by atoms with Gasteiger partial charge in [0.25, 0.3) is 0 Å². The lowest BCUT2D eigenvalue weighted by Crippen LogP contribution is -2.23. The summed E-state index contributed by atoms with van der Waals surface area (Å²) in [7, 11) is 1.81. The second-order valence-electron chi connectivity index (χ2n) is 2.79. The lowest BCUT2D eigenvalue weighted by atomic mass is 10.2. The molecule has 4 N–H and O–H groups in total. The molecule has 74 valence electrons. The van der Waals surface area contributed by atoms with Gasteiger partial charge in [0.05, 0.1) is 11.4 Å². The Kier molecular flexibility index (Phi) is 4.73. The van der Waals surface area contributed by atoms with Gasteiger partial charge in [0, 0.05) is 30.8 Å². The van der Waals surface area contributed by atoms with Crippen molar-refractivity contribution in [2.75, 3.05) is 22.8 Å². The second-order valence-corrected chi connectivity index (χ2v) is 4.35. The Morgan fingerprint density at radius 2 is 1.93 bits per heavy atom. The van der Waals surface area contributed by atoms with Gasteiger partial charge in [-0.05, 0) is 0 Å². The van der Waals surface area contributed by atoms with E-state index in [9.17, 15) is 0 Å². The maximum atomic E-state index is 5.91. The van der Waals surface area contributed by atoms with E-state index >= 15 is 0 Å². The standard InChI is InChI=1S/C7H8N4S2.2Al/c1-9-6-2-4(8)5(10-12)3-7(6)11-13;;/h9,11,13H,8H2,1H3;;. The van der Waals surface area contributed by atoms with Gasteiger partial charge in [0.15, 0.2) is 32.6 Å². The minimum atomic E-state index is 0.552. The molecular formula is C7H8Al2N4S2. The quantitative estimate of drug-likeness (QED) is 0.339. The Hall–Kier alpha value is 0.0549. The number of benzene rings is 1. The highest BCUT2D eigenvalue weighted by atomic mass is 32.1. The third kappa shape index (κ3) is 2.26. The smallest absolute Gasteiger partial charge is 0.183 e. The number of nitrogens with two attached hydrogens (primary N) is 1. The summed E-state index contributed by atoms with van der Waals surface area (Å²) in [5, 5.41) is 3.05. The van der Waals surface area contributed by atoms with Crippen LogP contribution in [0.3, 0.4) is 0 Å². The maximum absolute atomic E-state index is 5.91. The van der Waals surface area contributed by atoms with Gasteiger partial charge in [-0.3, -0.25) is 0 Å². The molecule has 0 fully saturated rings. The monoisotopic (exact) mass is 266 g/mol. The molecule has 0 atom stereocenters. The molecule has 15 heavy (non-hydrogen) atoms. The molecule has 4 radical (unpaired) electrons. The SMILES string of the molecule is CNc1[c]([Al])c(N)c(N=S)[c]([Al])c1NS. The fourth-order valence-corrected chi connectivity index (χ4v) is 2.78. The normalized spacial score (nSPS) is 9.73. The topological polar surface area (TPSA) is 62.4 Å². The molecule has 8 heteroatoms. The molecule has 0 saturated heterocycles. The first-order valence-electron chi connectivity index (χ1n) is 4.00. The Labute approximate surface area is 116 Å². The zero-order valence-corrected chi connectivity index (χ0v) is 12.1. The number of hydrogen-bond donors (Lipinski definition) is 4. The van der Waals surface area contributed by atoms with Crippen molar-refractivity contribution >= 4 is 89.4 Å². The number of nitrogen functional groups attached to an aromatic ring is 1. The van der Waals surface area contributed by atoms with Crippen LogP contribution in [0.4, 0.5) is 22.7 Å². The van der Waals surface area contributed by atoms with Crippen molar-refractivity contribution in [1.82, 2.24) is 0 Å². The molecular weight excluding hydrogens is 258 g/mol. The molecule has 1 rings (SSSR count). The average Bonchev–Trinajstić information content (AvgIpc) is 2.23. The molecule has 0 amide bonds. The molecule has 0 spiro atoms. The Morgan fingerprint density at radius 1 is 1.33 bits per heavy atom. The highest BCUT2D eigenvalue weighted by Crippen LogP contribution is 2.27. The molecule has 0 saturated carbocycles. The lowest BCUT2D eigenvalue weighted by Gasteiger charge is -2.20. The fourth-order valence-electron chi connectivity index (χ4n) is 1.27. The van der Waals surface area contributed by atoms with Gasteiger partial charge in [-0.1, -0.05) is 21.7 Å². The molecule has 0 bridgehead atoms. The molecule has 0 aliphatic rings. The van der Waals surface area contributed by atoms with Crippen molar-refractivity contribution in [3.8, 4) is 0 Å². The van der Waals surface area contributed by atoms with Crippen molar-refractivity contribution in [1.29, 1.82) is 0 Å². The van der Waals surface area contributed by atoms with Gasteiger partial charge in [-0.2, -0.15) is 4.36 Å². The Morgan fingerprint density at radius 3 is 2.33 bits per heavy atom. The van der Waals surface area contributed by atoms with E-state index in [0.29, 0.717) is 11.4 Å². The summed E-state index contributed by atoms with van der Waals surface area (Å²) in [6, 6.07) is 0. The van der Waals surface area contributed by atoms with Gasteiger partial charge < -0.3 is 15.8 Å². The number of nitrogens with one attached hydrogen (secondary N) is 2. The van der Waals surface area contributed by atoms with E-state index in [1.807, 2.05) is 7.05 Å². The summed E-state index contributed by atoms with van der Waals surface area (Å²) in [6.45, 7) is 0. The third-order valence-corrected chi connectivity index (χ3v) is 3.61. The second kappa shape index (κ2) is 5.40. The van der Waals surface area contributed by atoms with Gasteiger partial charge >= 0.3 is 0 Å². The number of anilines is 3. The minimum Gasteiger partial charge on any atom is -0.398 e. The predicted octanol–water partition coefficient (Wildman–Crippen LogP) is -0.483. The van der Waals surface area contributed by atoms with Crippen molar-refractivity contribution in [3.63, 3.8) is 0 Å². The molecule has 1 aromatic carbocycles. The van der Waals surface area contributed by atoms with E-state index in [-0.39, 0.29) is 0 Å². The zero-order valence-electron chi connectivity index (χ0n) is 8.03. The maximum Gasteiger partial charge on any atom is 0.183 e. The Bertz CT molecular complexity index is 411. The predicted molar refractivity (Wildman–Crippen MR) is 73.2 cm³/mol. The first kappa shape index (κ1) is 13.1. The number of hydrogen-bond acceptors (Lipinski definition) is 6. The molecule has 0 heterocycles. The molecule has 0 aliphatic carbocycles. The summed E-state index contributed by atoms with van der Waals surface area (Å²) >= 11 is 13.8. The molecule has 4 nitrogen and oxygen atoms in total. The van der Waals surface area contributed by atoms with E-state index in [2.05, 4.69) is 72.2 Å². The van der Waals surface area contributed by atoms with E-state index in [0.717, 1.165) is 20.2 Å². The molecule has 0 aromatic heterocycles. The summed E-state index contributed by atoms with van der Waals surface area (Å²) in [5.74, 6) is 0. The van der Waals surface area contributed by atoms with Crippen LogP contribution in [0.25, 0.3) is 0 Å². The van der Waals surface area contributed by atoms with Gasteiger partial charge in [0.2, 0.25) is 0 Å². The van der Waals surface area contributed by atoms with Crippen LogP contribution >= 0.6 is 12.8 Å². The van der Waals surface area contributed by atoms with Crippen molar-refractivity contribution in [2.24, 2.45) is 4.36 Å². The molecule has 1 aromatic rings. The van der Waals surface area contributed by atoms with Crippen molar-refractivity contribution in [3.05, 3.63) is 0 Å². The van der Waals surface area contributed by atoms with Crippen LogP contribution in [-0.2, 0) is 12.4 Å². The third-order valence-electron chi connectivity index (χ3n) is 2.04. The summed E-state index contributed by atoms with van der Waals surface area (Å²) in [5.41, 5.74) is 8.70. The highest BCUT2D eigenvalue weighted by molar-refractivity contribution is 7.81. The van der Waals surface area contributed by atoms with E-state index in [1.54, 1.807) is 0 Å². The van der Waals surface area contributed by atoms with Gasteiger partial charge in [-0.15, -0.1) is 0 Å². The average molecular weight is 266 g/mol. The molecule has 0 aliphatic heterocycles. The lowest BCUT2D eigenvalue weighted by molar-refractivity contribution is 1.53. The summed E-state index contributed by atoms with van der Waals surface area (Å²) in [6.07, 6.45) is 0. The van der Waals surface area contributed by atoms with Crippen LogP contribution < -0.4 is 24.6 Å². The largest absolute Gasteiger partial charge is 0.398 e. The van der Waals surface area contributed by atoms with Crippen LogP contribution in [0, 0.1) is 0 Å². The van der Waals surface area contributed by atoms with Crippen LogP contribution in [0.15, 0.2) is 4.36 Å². The van der Waals surface area contributed by atoms with Crippen molar-refractivity contribution < 1.29 is 0 Å². The summed E-state index contributed by atoms with van der Waals surface area (Å²) < 4.78 is 8.15.